The van der Waals surface area contributed by atoms with Crippen LogP contribution in [-0.4, -0.2) is 64.1 Å². The van der Waals surface area contributed by atoms with E-state index in [4.69, 9.17) is 4.74 Å². The molecule has 1 saturated heterocycles. The highest BCUT2D eigenvalue weighted by molar-refractivity contribution is 7.89. The van der Waals surface area contributed by atoms with E-state index in [2.05, 4.69) is 4.90 Å². The Bertz CT molecular complexity index is 537. The monoisotopic (exact) mass is 312 g/mol. The number of hydrogen-bond acceptors (Lipinski definition) is 4. The Morgan fingerprint density at radius 1 is 1.19 bits per heavy atom. The molecule has 21 heavy (non-hydrogen) atoms. The molecule has 0 aromatic heterocycles. The summed E-state index contributed by atoms with van der Waals surface area (Å²) < 4.78 is 31.6. The number of hydrogen-bond donors (Lipinski definition) is 0. The van der Waals surface area contributed by atoms with Gasteiger partial charge in [-0.25, -0.2) is 12.7 Å². The van der Waals surface area contributed by atoms with Gasteiger partial charge in [-0.15, -0.1) is 0 Å². The van der Waals surface area contributed by atoms with Gasteiger partial charge in [-0.1, -0.05) is 17.7 Å². The smallest absolute Gasteiger partial charge is 0.242 e. The van der Waals surface area contributed by atoms with Gasteiger partial charge >= 0.3 is 0 Å². The van der Waals surface area contributed by atoms with Crippen molar-refractivity contribution in [3.05, 3.63) is 29.8 Å². The van der Waals surface area contributed by atoms with E-state index >= 15 is 0 Å². The largest absolute Gasteiger partial charge is 0.379 e. The lowest BCUT2D eigenvalue weighted by Crippen LogP contribution is -2.38. The third kappa shape index (κ3) is 4.51. The van der Waals surface area contributed by atoms with Gasteiger partial charge in [-0.05, 0) is 32.0 Å². The molecule has 5 nitrogen and oxygen atoms in total. The van der Waals surface area contributed by atoms with Crippen molar-refractivity contribution in [1.29, 1.82) is 0 Å². The molecule has 2 rings (SSSR count). The fourth-order valence-electron chi connectivity index (χ4n) is 2.35. The predicted octanol–water partition coefficient (Wildman–Crippen LogP) is 1.34. The fraction of sp³-hybridized carbons (Fsp3) is 0.600. The van der Waals surface area contributed by atoms with Gasteiger partial charge in [0.1, 0.15) is 0 Å². The standard InChI is InChI=1S/C15H24N2O3S/c1-14-4-6-15(7-5-14)21(18,19)16(2)8-3-9-17-10-12-20-13-11-17/h4-7H,3,8-13H2,1-2H3. The van der Waals surface area contributed by atoms with E-state index in [0.29, 0.717) is 11.4 Å². The van der Waals surface area contributed by atoms with Crippen molar-refractivity contribution in [1.82, 2.24) is 9.21 Å². The lowest BCUT2D eigenvalue weighted by Gasteiger charge is -2.27. The SMILES string of the molecule is Cc1ccc(S(=O)(=O)N(C)CCCN2CCOCC2)cc1. The molecule has 0 bridgehead atoms. The number of morpholine rings is 1. The summed E-state index contributed by atoms with van der Waals surface area (Å²) in [7, 11) is -1.72. The average Bonchev–Trinajstić information content (AvgIpc) is 2.48. The Kier molecular flexibility index (Phi) is 5.75. The van der Waals surface area contributed by atoms with Crippen LogP contribution >= 0.6 is 0 Å². The molecule has 1 aliphatic heterocycles. The van der Waals surface area contributed by atoms with Crippen molar-refractivity contribution < 1.29 is 13.2 Å². The second kappa shape index (κ2) is 7.35. The van der Waals surface area contributed by atoms with Gasteiger partial charge < -0.3 is 4.74 Å². The Hall–Kier alpha value is -0.950. The zero-order valence-electron chi connectivity index (χ0n) is 12.8. The quantitative estimate of drug-likeness (QED) is 0.795. The molecule has 1 aromatic rings. The normalized spacial score (nSPS) is 17.3. The molecule has 0 aliphatic carbocycles. The van der Waals surface area contributed by atoms with Crippen LogP contribution in [0.4, 0.5) is 0 Å². The van der Waals surface area contributed by atoms with E-state index in [0.717, 1.165) is 44.8 Å². The van der Waals surface area contributed by atoms with Crippen LogP contribution < -0.4 is 0 Å². The Morgan fingerprint density at radius 3 is 2.43 bits per heavy atom. The van der Waals surface area contributed by atoms with Gasteiger partial charge in [0.15, 0.2) is 0 Å². The summed E-state index contributed by atoms with van der Waals surface area (Å²) in [5.41, 5.74) is 1.06. The molecule has 0 atom stereocenters. The van der Waals surface area contributed by atoms with Crippen LogP contribution in [0.15, 0.2) is 29.2 Å². The van der Waals surface area contributed by atoms with E-state index in [-0.39, 0.29) is 0 Å². The summed E-state index contributed by atoms with van der Waals surface area (Å²) in [5.74, 6) is 0. The minimum atomic E-state index is -3.37. The van der Waals surface area contributed by atoms with Crippen molar-refractivity contribution in [2.24, 2.45) is 0 Å². The van der Waals surface area contributed by atoms with E-state index in [1.165, 1.54) is 4.31 Å². The highest BCUT2D eigenvalue weighted by Gasteiger charge is 2.20. The summed E-state index contributed by atoms with van der Waals surface area (Å²) in [6, 6.07) is 7.00. The van der Waals surface area contributed by atoms with Crippen LogP contribution in [0.2, 0.25) is 0 Å². The molecule has 118 valence electrons. The number of benzene rings is 1. The number of aryl methyl sites for hydroxylation is 1. The van der Waals surface area contributed by atoms with Crippen LogP contribution in [-0.2, 0) is 14.8 Å². The van der Waals surface area contributed by atoms with Crippen LogP contribution in [0.1, 0.15) is 12.0 Å². The molecule has 1 aliphatic rings. The summed E-state index contributed by atoms with van der Waals surface area (Å²) >= 11 is 0. The van der Waals surface area contributed by atoms with E-state index in [1.807, 2.05) is 19.1 Å². The van der Waals surface area contributed by atoms with Gasteiger partial charge in [-0.3, -0.25) is 4.90 Å². The third-order valence-electron chi connectivity index (χ3n) is 3.78. The first-order chi connectivity index (χ1) is 10.00. The van der Waals surface area contributed by atoms with E-state index in [9.17, 15) is 8.42 Å². The van der Waals surface area contributed by atoms with Gasteiger partial charge in [0.05, 0.1) is 18.1 Å². The summed E-state index contributed by atoms with van der Waals surface area (Å²) in [6.45, 7) is 6.82. The van der Waals surface area contributed by atoms with Gasteiger partial charge in [0.25, 0.3) is 0 Å². The first-order valence-electron chi connectivity index (χ1n) is 7.33. The molecular weight excluding hydrogens is 288 g/mol. The number of rotatable bonds is 6. The molecule has 0 spiro atoms. The van der Waals surface area contributed by atoms with Crippen molar-refractivity contribution >= 4 is 10.0 Å². The highest BCUT2D eigenvalue weighted by Crippen LogP contribution is 2.15. The summed E-state index contributed by atoms with van der Waals surface area (Å²) in [6.07, 6.45) is 0.835. The Balaban J connectivity index is 1.86. The molecule has 1 aromatic carbocycles. The van der Waals surface area contributed by atoms with Crippen LogP contribution in [0, 0.1) is 6.92 Å². The minimum Gasteiger partial charge on any atom is -0.379 e. The van der Waals surface area contributed by atoms with Gasteiger partial charge in [0.2, 0.25) is 10.0 Å². The highest BCUT2D eigenvalue weighted by atomic mass is 32.2. The third-order valence-corrected chi connectivity index (χ3v) is 5.65. The maximum absolute atomic E-state index is 12.4. The maximum atomic E-state index is 12.4. The molecule has 0 amide bonds. The maximum Gasteiger partial charge on any atom is 0.242 e. The van der Waals surface area contributed by atoms with Crippen molar-refractivity contribution in [2.45, 2.75) is 18.2 Å². The van der Waals surface area contributed by atoms with Crippen molar-refractivity contribution in [3.63, 3.8) is 0 Å². The lowest BCUT2D eigenvalue weighted by molar-refractivity contribution is 0.0370. The molecule has 0 radical (unpaired) electrons. The van der Waals surface area contributed by atoms with Gasteiger partial charge in [-0.2, -0.15) is 0 Å². The lowest BCUT2D eigenvalue weighted by atomic mass is 10.2. The molecule has 0 saturated carbocycles. The zero-order valence-corrected chi connectivity index (χ0v) is 13.6. The Labute approximate surface area is 127 Å². The second-order valence-electron chi connectivity index (χ2n) is 5.45. The van der Waals surface area contributed by atoms with Crippen LogP contribution in [0.25, 0.3) is 0 Å². The summed E-state index contributed by atoms with van der Waals surface area (Å²) in [4.78, 5) is 2.68. The first-order valence-corrected chi connectivity index (χ1v) is 8.77. The van der Waals surface area contributed by atoms with Crippen LogP contribution in [0.5, 0.6) is 0 Å². The average molecular weight is 312 g/mol. The molecule has 0 N–H and O–H groups in total. The fourth-order valence-corrected chi connectivity index (χ4v) is 3.56. The summed E-state index contributed by atoms with van der Waals surface area (Å²) in [5, 5.41) is 0. The molecular formula is C15H24N2O3S. The second-order valence-corrected chi connectivity index (χ2v) is 7.49. The topological polar surface area (TPSA) is 49.9 Å². The van der Waals surface area contributed by atoms with Crippen molar-refractivity contribution in [3.8, 4) is 0 Å². The van der Waals surface area contributed by atoms with Crippen molar-refractivity contribution in [2.75, 3.05) is 46.4 Å². The minimum absolute atomic E-state index is 0.363. The zero-order chi connectivity index (χ0) is 15.3. The van der Waals surface area contributed by atoms with E-state index in [1.54, 1.807) is 19.2 Å². The molecule has 1 fully saturated rings. The number of nitrogens with zero attached hydrogens (tertiary/aromatic N) is 2. The Morgan fingerprint density at radius 2 is 1.81 bits per heavy atom. The predicted molar refractivity (Wildman–Crippen MR) is 82.9 cm³/mol. The van der Waals surface area contributed by atoms with E-state index < -0.39 is 10.0 Å². The molecule has 6 heteroatoms. The van der Waals surface area contributed by atoms with Crippen LogP contribution in [0.3, 0.4) is 0 Å². The number of sulfonamides is 1. The molecule has 0 unspecified atom stereocenters. The van der Waals surface area contributed by atoms with Gasteiger partial charge in [0, 0.05) is 26.7 Å². The number of ether oxygens (including phenoxy) is 1. The first kappa shape index (κ1) is 16.4. The molecule has 1 heterocycles.